The molecule has 0 saturated carbocycles. The first-order valence-electron chi connectivity index (χ1n) is 8.48. The van der Waals surface area contributed by atoms with E-state index in [0.717, 1.165) is 11.1 Å². The van der Waals surface area contributed by atoms with Gasteiger partial charge in [-0.15, -0.1) is 0 Å². The van der Waals surface area contributed by atoms with Crippen molar-refractivity contribution in [1.82, 2.24) is 4.98 Å². The summed E-state index contributed by atoms with van der Waals surface area (Å²) in [4.78, 5) is 8.96. The van der Waals surface area contributed by atoms with Crippen molar-refractivity contribution in [3.05, 3.63) is 106 Å². The second kappa shape index (κ2) is 8.73. The Morgan fingerprint density at radius 1 is 1.04 bits per heavy atom. The standard InChI is InChI=1S/C22H19BrFN3/c1-15-9-11-16(12-10-15)22(27-14-17-6-2-3-7-18(17)24)20(23)21(25)19-8-4-5-13-26-19/h2-13H,14,25H2,1H3. The first-order valence-corrected chi connectivity index (χ1v) is 9.27. The summed E-state index contributed by atoms with van der Waals surface area (Å²) in [5.41, 5.74) is 10.7. The maximum atomic E-state index is 14.0. The van der Waals surface area contributed by atoms with Crippen LogP contribution in [0.25, 0.3) is 5.70 Å². The molecule has 0 amide bonds. The Morgan fingerprint density at radius 2 is 1.74 bits per heavy atom. The number of allylic oxidation sites excluding steroid dienone is 1. The summed E-state index contributed by atoms with van der Waals surface area (Å²) in [7, 11) is 0. The smallest absolute Gasteiger partial charge is 0.128 e. The molecule has 0 aliphatic rings. The van der Waals surface area contributed by atoms with Gasteiger partial charge in [-0.1, -0.05) is 54.1 Å². The average Bonchev–Trinajstić information content (AvgIpc) is 2.70. The number of pyridine rings is 1. The van der Waals surface area contributed by atoms with Crippen molar-refractivity contribution in [3.63, 3.8) is 0 Å². The number of hydrogen-bond acceptors (Lipinski definition) is 3. The van der Waals surface area contributed by atoms with Gasteiger partial charge in [-0.25, -0.2) is 4.39 Å². The molecule has 2 N–H and O–H groups in total. The molecule has 1 aromatic heterocycles. The molecule has 0 aliphatic heterocycles. The van der Waals surface area contributed by atoms with Crippen molar-refractivity contribution in [1.29, 1.82) is 0 Å². The number of rotatable bonds is 5. The molecule has 0 atom stereocenters. The van der Waals surface area contributed by atoms with Crippen LogP contribution in [-0.4, -0.2) is 10.7 Å². The van der Waals surface area contributed by atoms with E-state index in [4.69, 9.17) is 5.73 Å². The van der Waals surface area contributed by atoms with Crippen LogP contribution in [0.1, 0.15) is 22.4 Å². The highest BCUT2D eigenvalue weighted by Gasteiger charge is 2.14. The third-order valence-corrected chi connectivity index (χ3v) is 4.88. The van der Waals surface area contributed by atoms with Crippen LogP contribution < -0.4 is 5.73 Å². The molecule has 27 heavy (non-hydrogen) atoms. The summed E-state index contributed by atoms with van der Waals surface area (Å²) < 4.78 is 14.6. The highest BCUT2D eigenvalue weighted by atomic mass is 79.9. The van der Waals surface area contributed by atoms with E-state index >= 15 is 0 Å². The lowest BCUT2D eigenvalue weighted by Gasteiger charge is -2.11. The second-order valence-electron chi connectivity index (χ2n) is 6.06. The highest BCUT2D eigenvalue weighted by molar-refractivity contribution is 9.12. The van der Waals surface area contributed by atoms with E-state index in [1.165, 1.54) is 6.07 Å². The van der Waals surface area contributed by atoms with E-state index < -0.39 is 0 Å². The number of halogens is 2. The summed E-state index contributed by atoms with van der Waals surface area (Å²) in [6, 6.07) is 20.1. The average molecular weight is 424 g/mol. The zero-order valence-corrected chi connectivity index (χ0v) is 16.4. The molecule has 0 bridgehead atoms. The lowest BCUT2D eigenvalue weighted by atomic mass is 10.1. The number of aliphatic imine (C=N–C) groups is 1. The molecule has 0 fully saturated rings. The number of nitrogens with two attached hydrogens (primary N) is 1. The fraction of sp³-hybridized carbons (Fsp3) is 0.0909. The molecule has 1 heterocycles. The Morgan fingerprint density at radius 3 is 2.41 bits per heavy atom. The summed E-state index contributed by atoms with van der Waals surface area (Å²) in [6.07, 6.45) is 1.69. The Kier molecular flexibility index (Phi) is 6.14. The number of aromatic nitrogens is 1. The second-order valence-corrected chi connectivity index (χ2v) is 6.86. The van der Waals surface area contributed by atoms with E-state index in [1.54, 1.807) is 24.4 Å². The number of nitrogens with zero attached hydrogens (tertiary/aromatic N) is 2. The van der Waals surface area contributed by atoms with Gasteiger partial charge in [-0.05, 0) is 41.1 Å². The molecule has 3 rings (SSSR count). The number of hydrogen-bond donors (Lipinski definition) is 1. The van der Waals surface area contributed by atoms with E-state index in [1.807, 2.05) is 49.4 Å². The van der Waals surface area contributed by atoms with Gasteiger partial charge in [0.1, 0.15) is 5.82 Å². The zero-order chi connectivity index (χ0) is 19.2. The lowest BCUT2D eigenvalue weighted by Crippen LogP contribution is -2.10. The maximum Gasteiger partial charge on any atom is 0.128 e. The van der Waals surface area contributed by atoms with Crippen LogP contribution in [0.4, 0.5) is 4.39 Å². The van der Waals surface area contributed by atoms with Gasteiger partial charge < -0.3 is 5.73 Å². The molecule has 5 heteroatoms. The normalized spacial score (nSPS) is 12.6. The van der Waals surface area contributed by atoms with Crippen molar-refractivity contribution in [2.75, 3.05) is 0 Å². The minimum absolute atomic E-state index is 0.209. The fourth-order valence-corrected chi connectivity index (χ4v) is 3.11. The van der Waals surface area contributed by atoms with Gasteiger partial charge in [0, 0.05) is 17.3 Å². The molecule has 0 saturated heterocycles. The third-order valence-electron chi connectivity index (χ3n) is 4.08. The van der Waals surface area contributed by atoms with Crippen LogP contribution in [0.5, 0.6) is 0 Å². The number of benzene rings is 2. The van der Waals surface area contributed by atoms with Crippen molar-refractivity contribution in [2.45, 2.75) is 13.5 Å². The van der Waals surface area contributed by atoms with Gasteiger partial charge >= 0.3 is 0 Å². The molecular weight excluding hydrogens is 405 g/mol. The summed E-state index contributed by atoms with van der Waals surface area (Å²) in [5, 5.41) is 0. The predicted octanol–water partition coefficient (Wildman–Crippen LogP) is 5.24. The van der Waals surface area contributed by atoms with Crippen molar-refractivity contribution in [2.24, 2.45) is 10.7 Å². The maximum absolute atomic E-state index is 14.0. The Labute approximate surface area is 166 Å². The fourth-order valence-electron chi connectivity index (χ4n) is 2.55. The van der Waals surface area contributed by atoms with Crippen LogP contribution in [0.2, 0.25) is 0 Å². The van der Waals surface area contributed by atoms with E-state index in [2.05, 4.69) is 25.9 Å². The van der Waals surface area contributed by atoms with E-state index in [0.29, 0.717) is 27.1 Å². The summed E-state index contributed by atoms with van der Waals surface area (Å²) >= 11 is 3.58. The molecule has 136 valence electrons. The Balaban J connectivity index is 2.06. The Bertz CT molecular complexity index is 980. The lowest BCUT2D eigenvalue weighted by molar-refractivity contribution is 0.611. The first-order chi connectivity index (χ1) is 13.1. The van der Waals surface area contributed by atoms with Crippen LogP contribution in [0.15, 0.2) is 82.4 Å². The van der Waals surface area contributed by atoms with Gasteiger partial charge in [0.15, 0.2) is 0 Å². The van der Waals surface area contributed by atoms with Crippen LogP contribution >= 0.6 is 15.9 Å². The van der Waals surface area contributed by atoms with Gasteiger partial charge in [0.25, 0.3) is 0 Å². The van der Waals surface area contributed by atoms with Gasteiger partial charge in [0.05, 0.1) is 28.1 Å². The first kappa shape index (κ1) is 19.0. The van der Waals surface area contributed by atoms with Crippen molar-refractivity contribution in [3.8, 4) is 0 Å². The summed E-state index contributed by atoms with van der Waals surface area (Å²) in [5.74, 6) is -0.276. The molecule has 3 nitrogen and oxygen atoms in total. The molecule has 0 aliphatic carbocycles. The number of aryl methyl sites for hydroxylation is 1. The highest BCUT2D eigenvalue weighted by Crippen LogP contribution is 2.23. The van der Waals surface area contributed by atoms with E-state index in [-0.39, 0.29) is 12.4 Å². The minimum atomic E-state index is -0.276. The van der Waals surface area contributed by atoms with Crippen LogP contribution in [0, 0.1) is 12.7 Å². The van der Waals surface area contributed by atoms with Gasteiger partial charge in [0.2, 0.25) is 0 Å². The Hall–Kier alpha value is -2.79. The molecule has 0 unspecified atom stereocenters. The van der Waals surface area contributed by atoms with Crippen molar-refractivity contribution >= 4 is 27.3 Å². The minimum Gasteiger partial charge on any atom is -0.396 e. The molecule has 2 aromatic carbocycles. The van der Waals surface area contributed by atoms with Gasteiger partial charge in [-0.3, -0.25) is 9.98 Å². The molecule has 3 aromatic rings. The zero-order valence-electron chi connectivity index (χ0n) is 14.9. The topological polar surface area (TPSA) is 51.3 Å². The van der Waals surface area contributed by atoms with E-state index in [9.17, 15) is 4.39 Å². The van der Waals surface area contributed by atoms with Crippen LogP contribution in [-0.2, 0) is 6.54 Å². The largest absolute Gasteiger partial charge is 0.396 e. The predicted molar refractivity (Wildman–Crippen MR) is 112 cm³/mol. The molecule has 0 radical (unpaired) electrons. The third kappa shape index (κ3) is 4.68. The SMILES string of the molecule is Cc1ccc(C(=NCc2ccccc2F)C(Br)=C(N)c2ccccn2)cc1. The molecular formula is C22H19BrFN3. The molecule has 0 spiro atoms. The quantitative estimate of drug-likeness (QED) is 0.570. The van der Waals surface area contributed by atoms with Gasteiger partial charge in [-0.2, -0.15) is 0 Å². The summed E-state index contributed by atoms with van der Waals surface area (Å²) in [6.45, 7) is 2.23. The van der Waals surface area contributed by atoms with Crippen LogP contribution in [0.3, 0.4) is 0 Å². The monoisotopic (exact) mass is 423 g/mol. The van der Waals surface area contributed by atoms with Crippen molar-refractivity contribution < 1.29 is 4.39 Å².